The summed E-state index contributed by atoms with van der Waals surface area (Å²) < 4.78 is 50.2. The van der Waals surface area contributed by atoms with E-state index in [1.807, 2.05) is 0 Å². The van der Waals surface area contributed by atoms with Crippen LogP contribution < -0.4 is 10.5 Å². The van der Waals surface area contributed by atoms with Crippen LogP contribution >= 0.6 is 0 Å². The number of rotatable bonds is 5. The quantitative estimate of drug-likeness (QED) is 0.786. The molecular formula is C13H20N2O4S2. The molecule has 1 aromatic carbocycles. The Morgan fingerprint density at radius 1 is 1.19 bits per heavy atom. The average Bonchev–Trinajstić information content (AvgIpc) is 2.88. The molecule has 3 N–H and O–H groups in total. The van der Waals surface area contributed by atoms with E-state index in [0.29, 0.717) is 12.5 Å². The van der Waals surface area contributed by atoms with Gasteiger partial charge in [0.25, 0.3) is 0 Å². The van der Waals surface area contributed by atoms with Gasteiger partial charge in [0.05, 0.1) is 10.6 Å². The molecule has 0 spiro atoms. The number of nitrogen functional groups attached to an aromatic ring is 1. The molecule has 0 saturated heterocycles. The maximum atomic E-state index is 12.3. The van der Waals surface area contributed by atoms with Crippen LogP contribution in [0.25, 0.3) is 0 Å². The predicted molar refractivity (Wildman–Crippen MR) is 81.1 cm³/mol. The van der Waals surface area contributed by atoms with Crippen molar-refractivity contribution in [3.05, 3.63) is 18.2 Å². The van der Waals surface area contributed by atoms with Crippen LogP contribution in [0.15, 0.2) is 28.0 Å². The van der Waals surface area contributed by atoms with Crippen molar-refractivity contribution in [3.63, 3.8) is 0 Å². The zero-order valence-corrected chi connectivity index (χ0v) is 13.5. The lowest BCUT2D eigenvalue weighted by atomic mass is 10.1. The molecule has 8 heteroatoms. The third-order valence-electron chi connectivity index (χ3n) is 3.74. The van der Waals surface area contributed by atoms with E-state index in [0.717, 1.165) is 38.0 Å². The van der Waals surface area contributed by atoms with Gasteiger partial charge in [0.15, 0.2) is 9.84 Å². The minimum absolute atomic E-state index is 0.0429. The van der Waals surface area contributed by atoms with Crippen LogP contribution in [0.1, 0.15) is 25.7 Å². The molecule has 0 atom stereocenters. The van der Waals surface area contributed by atoms with Crippen molar-refractivity contribution in [2.45, 2.75) is 35.5 Å². The van der Waals surface area contributed by atoms with Crippen molar-refractivity contribution < 1.29 is 16.8 Å². The lowest BCUT2D eigenvalue weighted by molar-refractivity contribution is 0.519. The minimum atomic E-state index is -3.80. The largest absolute Gasteiger partial charge is 0.398 e. The standard InChI is InChI=1S/C13H20N2O4S2/c1-20(16,17)11-6-7-12(14)13(8-11)21(18,19)15-9-10-4-2-3-5-10/h6-8,10,15H,2-5,9,14H2,1H3. The molecule has 1 aliphatic carbocycles. The molecule has 1 saturated carbocycles. The summed E-state index contributed by atoms with van der Waals surface area (Å²) in [6.45, 7) is 0.366. The summed E-state index contributed by atoms with van der Waals surface area (Å²) >= 11 is 0. The second-order valence-corrected chi connectivity index (χ2v) is 9.23. The lowest BCUT2D eigenvalue weighted by Crippen LogP contribution is -2.29. The predicted octanol–water partition coefficient (Wildman–Crippen LogP) is 1.14. The van der Waals surface area contributed by atoms with Crippen molar-refractivity contribution >= 4 is 25.5 Å². The molecule has 2 rings (SSSR count). The Morgan fingerprint density at radius 3 is 2.38 bits per heavy atom. The number of anilines is 1. The summed E-state index contributed by atoms with van der Waals surface area (Å²) in [6.07, 6.45) is 5.31. The molecule has 0 bridgehead atoms. The highest BCUT2D eigenvalue weighted by molar-refractivity contribution is 7.91. The normalized spacial score (nSPS) is 17.2. The molecule has 1 aliphatic rings. The van der Waals surface area contributed by atoms with Crippen LogP contribution in [0, 0.1) is 5.92 Å². The van der Waals surface area contributed by atoms with Gasteiger partial charge in [0.1, 0.15) is 4.90 Å². The molecular weight excluding hydrogens is 312 g/mol. The number of hydrogen-bond donors (Lipinski definition) is 2. The molecule has 0 amide bonds. The molecule has 0 aromatic heterocycles. The van der Waals surface area contributed by atoms with Crippen molar-refractivity contribution in [2.75, 3.05) is 18.5 Å². The molecule has 0 heterocycles. The van der Waals surface area contributed by atoms with Crippen LogP contribution in [0.4, 0.5) is 5.69 Å². The van der Waals surface area contributed by atoms with Crippen molar-refractivity contribution in [1.82, 2.24) is 4.72 Å². The zero-order valence-electron chi connectivity index (χ0n) is 11.9. The Morgan fingerprint density at radius 2 is 1.81 bits per heavy atom. The number of nitrogens with one attached hydrogen (secondary N) is 1. The first-order chi connectivity index (χ1) is 9.70. The first-order valence-electron chi connectivity index (χ1n) is 6.79. The van der Waals surface area contributed by atoms with Gasteiger partial charge in [-0.05, 0) is 37.0 Å². The van der Waals surface area contributed by atoms with Gasteiger partial charge < -0.3 is 5.73 Å². The highest BCUT2D eigenvalue weighted by Gasteiger charge is 2.23. The zero-order chi connectivity index (χ0) is 15.7. The molecule has 1 aromatic rings. The van der Waals surface area contributed by atoms with E-state index in [4.69, 9.17) is 5.73 Å². The minimum Gasteiger partial charge on any atom is -0.398 e. The van der Waals surface area contributed by atoms with Crippen LogP contribution in [0.5, 0.6) is 0 Å². The van der Waals surface area contributed by atoms with Crippen LogP contribution in [-0.2, 0) is 19.9 Å². The number of hydrogen-bond acceptors (Lipinski definition) is 5. The lowest BCUT2D eigenvalue weighted by Gasteiger charge is -2.13. The summed E-state index contributed by atoms with van der Waals surface area (Å²) in [6, 6.07) is 3.73. The fourth-order valence-electron chi connectivity index (χ4n) is 2.50. The maximum Gasteiger partial charge on any atom is 0.242 e. The van der Waals surface area contributed by atoms with Crippen molar-refractivity contribution in [1.29, 1.82) is 0 Å². The summed E-state index contributed by atoms with van der Waals surface area (Å²) in [7, 11) is -7.28. The summed E-state index contributed by atoms with van der Waals surface area (Å²) in [5, 5.41) is 0. The Hall–Kier alpha value is -1.12. The summed E-state index contributed by atoms with van der Waals surface area (Å²) in [5.74, 6) is 0.346. The van der Waals surface area contributed by atoms with E-state index in [1.54, 1.807) is 0 Å². The smallest absolute Gasteiger partial charge is 0.242 e. The molecule has 118 valence electrons. The molecule has 0 aliphatic heterocycles. The Labute approximate surface area is 125 Å². The first kappa shape index (κ1) is 16.3. The Balaban J connectivity index is 2.26. The van der Waals surface area contributed by atoms with Gasteiger partial charge >= 0.3 is 0 Å². The molecule has 6 nitrogen and oxygen atoms in total. The Bertz CT molecular complexity index is 721. The van der Waals surface area contributed by atoms with Crippen LogP contribution in [0.3, 0.4) is 0 Å². The number of sulfone groups is 1. The molecule has 0 radical (unpaired) electrons. The van der Waals surface area contributed by atoms with Gasteiger partial charge in [-0.1, -0.05) is 12.8 Å². The fourth-order valence-corrected chi connectivity index (χ4v) is 4.49. The second kappa shape index (κ2) is 5.94. The van der Waals surface area contributed by atoms with Gasteiger partial charge in [-0.15, -0.1) is 0 Å². The van der Waals surface area contributed by atoms with Crippen LogP contribution in [0.2, 0.25) is 0 Å². The highest BCUT2D eigenvalue weighted by Crippen LogP contribution is 2.26. The summed E-state index contributed by atoms with van der Waals surface area (Å²) in [4.78, 5) is -0.235. The highest BCUT2D eigenvalue weighted by atomic mass is 32.2. The fraction of sp³-hybridized carbons (Fsp3) is 0.538. The van der Waals surface area contributed by atoms with E-state index in [-0.39, 0.29) is 15.5 Å². The maximum absolute atomic E-state index is 12.3. The average molecular weight is 332 g/mol. The molecule has 1 fully saturated rings. The van der Waals surface area contributed by atoms with Crippen molar-refractivity contribution in [3.8, 4) is 0 Å². The Kier molecular flexibility index (Phi) is 4.60. The van der Waals surface area contributed by atoms with Crippen molar-refractivity contribution in [2.24, 2.45) is 5.92 Å². The van der Waals surface area contributed by atoms with Gasteiger partial charge in [-0.3, -0.25) is 0 Å². The van der Waals surface area contributed by atoms with Gasteiger partial charge in [0.2, 0.25) is 10.0 Å². The van der Waals surface area contributed by atoms with E-state index in [1.165, 1.54) is 12.1 Å². The first-order valence-corrected chi connectivity index (χ1v) is 10.2. The number of sulfonamides is 1. The van der Waals surface area contributed by atoms with E-state index >= 15 is 0 Å². The van der Waals surface area contributed by atoms with E-state index in [2.05, 4.69) is 4.72 Å². The van der Waals surface area contributed by atoms with E-state index < -0.39 is 19.9 Å². The topological polar surface area (TPSA) is 106 Å². The second-order valence-electron chi connectivity index (χ2n) is 5.47. The molecule has 21 heavy (non-hydrogen) atoms. The monoisotopic (exact) mass is 332 g/mol. The third kappa shape index (κ3) is 3.96. The third-order valence-corrected chi connectivity index (χ3v) is 6.33. The number of benzene rings is 1. The number of nitrogens with two attached hydrogens (primary N) is 1. The summed E-state index contributed by atoms with van der Waals surface area (Å²) in [5.41, 5.74) is 5.73. The van der Waals surface area contributed by atoms with Crippen LogP contribution in [-0.4, -0.2) is 29.6 Å². The van der Waals surface area contributed by atoms with Gasteiger partial charge in [0, 0.05) is 12.8 Å². The van der Waals surface area contributed by atoms with Gasteiger partial charge in [-0.25, -0.2) is 21.6 Å². The van der Waals surface area contributed by atoms with Gasteiger partial charge in [-0.2, -0.15) is 0 Å². The SMILES string of the molecule is CS(=O)(=O)c1ccc(N)c(S(=O)(=O)NCC2CCCC2)c1. The molecule has 0 unspecified atom stereocenters. The van der Waals surface area contributed by atoms with E-state index in [9.17, 15) is 16.8 Å².